The van der Waals surface area contributed by atoms with Gasteiger partial charge in [-0.1, -0.05) is 12.8 Å². The van der Waals surface area contributed by atoms with Crippen molar-refractivity contribution in [3.63, 3.8) is 0 Å². The number of carboxylic acids is 1. The summed E-state index contributed by atoms with van der Waals surface area (Å²) in [7, 11) is 0. The predicted octanol–water partition coefficient (Wildman–Crippen LogP) is 0.630. The van der Waals surface area contributed by atoms with E-state index in [0.717, 1.165) is 45.6 Å². The topological polar surface area (TPSA) is 64.0 Å². The quantitative estimate of drug-likeness (QED) is 0.625. The first-order valence-electron chi connectivity index (χ1n) is 6.95. The molecule has 0 amide bonds. The Labute approximate surface area is 109 Å². The van der Waals surface area contributed by atoms with Crippen LogP contribution in [0.5, 0.6) is 0 Å². The van der Waals surface area contributed by atoms with E-state index in [0.29, 0.717) is 6.61 Å². The summed E-state index contributed by atoms with van der Waals surface area (Å²) in [5, 5.41) is 17.6. The van der Waals surface area contributed by atoms with Crippen LogP contribution in [0.3, 0.4) is 0 Å². The maximum atomic E-state index is 10.9. The van der Waals surface area contributed by atoms with Crippen LogP contribution in [0.1, 0.15) is 32.6 Å². The summed E-state index contributed by atoms with van der Waals surface area (Å²) in [6.45, 7) is 6.79. The van der Waals surface area contributed by atoms with E-state index in [9.17, 15) is 4.79 Å². The molecule has 1 aliphatic rings. The van der Waals surface area contributed by atoms with Gasteiger partial charge in [-0.25, -0.2) is 0 Å². The minimum Gasteiger partial charge on any atom is -0.480 e. The van der Waals surface area contributed by atoms with Crippen LogP contribution in [-0.2, 0) is 4.79 Å². The molecule has 0 bridgehead atoms. The molecule has 1 atom stereocenters. The average molecular weight is 258 g/mol. The van der Waals surface area contributed by atoms with Crippen LogP contribution in [-0.4, -0.2) is 71.4 Å². The number of carbonyl (C=O) groups is 1. The molecule has 1 heterocycles. The molecule has 1 saturated heterocycles. The van der Waals surface area contributed by atoms with Crippen molar-refractivity contribution in [1.29, 1.82) is 0 Å². The molecule has 0 radical (unpaired) electrons. The van der Waals surface area contributed by atoms with Crippen LogP contribution in [0.15, 0.2) is 0 Å². The molecule has 1 unspecified atom stereocenters. The Morgan fingerprint density at radius 1 is 1.11 bits per heavy atom. The van der Waals surface area contributed by atoms with Crippen molar-refractivity contribution in [2.75, 3.05) is 39.3 Å². The molecular formula is C13H26N2O3. The summed E-state index contributed by atoms with van der Waals surface area (Å²) in [6.07, 6.45) is 4.36. The maximum Gasteiger partial charge on any atom is 0.320 e. The van der Waals surface area contributed by atoms with Gasteiger partial charge in [-0.15, -0.1) is 0 Å². The number of piperazine rings is 1. The van der Waals surface area contributed by atoms with Gasteiger partial charge in [0.25, 0.3) is 0 Å². The lowest BCUT2D eigenvalue weighted by atomic mass is 10.1. The van der Waals surface area contributed by atoms with Crippen molar-refractivity contribution >= 4 is 5.97 Å². The van der Waals surface area contributed by atoms with Crippen LogP contribution < -0.4 is 0 Å². The highest BCUT2D eigenvalue weighted by molar-refractivity contribution is 5.72. The highest BCUT2D eigenvalue weighted by atomic mass is 16.4. The fourth-order valence-electron chi connectivity index (χ4n) is 2.33. The normalized spacial score (nSPS) is 19.9. The van der Waals surface area contributed by atoms with Gasteiger partial charge in [0.2, 0.25) is 0 Å². The van der Waals surface area contributed by atoms with E-state index in [1.807, 2.05) is 4.90 Å². The number of hydrogen-bond acceptors (Lipinski definition) is 4. The number of aliphatic carboxylic acids is 1. The molecule has 0 spiro atoms. The molecule has 1 rings (SSSR count). The van der Waals surface area contributed by atoms with Crippen LogP contribution in [0, 0.1) is 0 Å². The highest BCUT2D eigenvalue weighted by Gasteiger charge is 2.24. The van der Waals surface area contributed by atoms with E-state index in [-0.39, 0.29) is 6.04 Å². The predicted molar refractivity (Wildman–Crippen MR) is 70.7 cm³/mol. The molecule has 0 aliphatic carbocycles. The molecule has 18 heavy (non-hydrogen) atoms. The average Bonchev–Trinajstić information content (AvgIpc) is 2.38. The molecule has 0 aromatic heterocycles. The molecule has 5 heteroatoms. The van der Waals surface area contributed by atoms with Crippen molar-refractivity contribution in [2.24, 2.45) is 0 Å². The first-order chi connectivity index (χ1) is 8.65. The summed E-state index contributed by atoms with van der Waals surface area (Å²) in [4.78, 5) is 15.3. The van der Waals surface area contributed by atoms with Crippen molar-refractivity contribution < 1.29 is 15.0 Å². The number of rotatable bonds is 8. The van der Waals surface area contributed by atoms with Crippen molar-refractivity contribution in [1.82, 2.24) is 9.80 Å². The summed E-state index contributed by atoms with van der Waals surface area (Å²) in [5.41, 5.74) is 0. The molecule has 0 aromatic carbocycles. The van der Waals surface area contributed by atoms with E-state index < -0.39 is 5.97 Å². The fourth-order valence-corrected chi connectivity index (χ4v) is 2.33. The maximum absolute atomic E-state index is 10.9. The number of unbranched alkanes of at least 4 members (excludes halogenated alkanes) is 3. The van der Waals surface area contributed by atoms with Gasteiger partial charge < -0.3 is 15.1 Å². The van der Waals surface area contributed by atoms with Gasteiger partial charge in [-0.05, 0) is 26.3 Å². The molecule has 1 fully saturated rings. The van der Waals surface area contributed by atoms with Crippen LogP contribution in [0.2, 0.25) is 0 Å². The number of nitrogens with zero attached hydrogens (tertiary/aromatic N) is 2. The minimum absolute atomic E-state index is 0.297. The molecule has 2 N–H and O–H groups in total. The largest absolute Gasteiger partial charge is 0.480 e. The SMILES string of the molecule is CC(C(=O)O)N1CCN(CCCCCCO)CC1. The lowest BCUT2D eigenvalue weighted by Gasteiger charge is -2.36. The van der Waals surface area contributed by atoms with Gasteiger partial charge in [0.1, 0.15) is 6.04 Å². The van der Waals surface area contributed by atoms with E-state index >= 15 is 0 Å². The van der Waals surface area contributed by atoms with Crippen LogP contribution in [0.25, 0.3) is 0 Å². The van der Waals surface area contributed by atoms with E-state index in [1.165, 1.54) is 12.8 Å². The Morgan fingerprint density at radius 2 is 1.72 bits per heavy atom. The molecule has 0 aromatic rings. The minimum atomic E-state index is -0.729. The van der Waals surface area contributed by atoms with E-state index in [1.54, 1.807) is 6.92 Å². The Balaban J connectivity index is 2.10. The number of aliphatic hydroxyl groups excluding tert-OH is 1. The standard InChI is InChI=1S/C13H26N2O3/c1-12(13(17)18)15-9-7-14(8-10-15)6-4-2-3-5-11-16/h12,16H,2-11H2,1H3,(H,17,18). The van der Waals surface area contributed by atoms with Gasteiger partial charge in [-0.2, -0.15) is 0 Å². The summed E-state index contributed by atoms with van der Waals surface area (Å²) >= 11 is 0. The lowest BCUT2D eigenvalue weighted by molar-refractivity contribution is -0.143. The number of carboxylic acid groups (broad SMARTS) is 1. The third-order valence-electron chi connectivity index (χ3n) is 3.69. The molecule has 5 nitrogen and oxygen atoms in total. The summed E-state index contributed by atoms with van der Waals surface area (Å²) in [6, 6.07) is -0.364. The summed E-state index contributed by atoms with van der Waals surface area (Å²) in [5.74, 6) is -0.729. The zero-order chi connectivity index (χ0) is 13.4. The Bertz CT molecular complexity index is 240. The number of hydrogen-bond donors (Lipinski definition) is 2. The van der Waals surface area contributed by atoms with Crippen LogP contribution >= 0.6 is 0 Å². The second-order valence-corrected chi connectivity index (χ2v) is 5.03. The molecule has 1 aliphatic heterocycles. The molecule has 0 saturated carbocycles. The van der Waals surface area contributed by atoms with Crippen LogP contribution in [0.4, 0.5) is 0 Å². The van der Waals surface area contributed by atoms with Gasteiger partial charge in [0.15, 0.2) is 0 Å². The first kappa shape index (κ1) is 15.4. The third kappa shape index (κ3) is 5.33. The van der Waals surface area contributed by atoms with Gasteiger partial charge in [-0.3, -0.25) is 9.69 Å². The number of aliphatic hydroxyl groups is 1. The molecule has 106 valence electrons. The lowest BCUT2D eigenvalue weighted by Crippen LogP contribution is -2.51. The van der Waals surface area contributed by atoms with Crippen molar-refractivity contribution in [3.8, 4) is 0 Å². The second kappa shape index (κ2) is 8.45. The van der Waals surface area contributed by atoms with Gasteiger partial charge >= 0.3 is 5.97 Å². The fraction of sp³-hybridized carbons (Fsp3) is 0.923. The second-order valence-electron chi connectivity index (χ2n) is 5.03. The van der Waals surface area contributed by atoms with Crippen molar-refractivity contribution in [3.05, 3.63) is 0 Å². The monoisotopic (exact) mass is 258 g/mol. The smallest absolute Gasteiger partial charge is 0.320 e. The van der Waals surface area contributed by atoms with E-state index in [4.69, 9.17) is 10.2 Å². The third-order valence-corrected chi connectivity index (χ3v) is 3.69. The zero-order valence-corrected chi connectivity index (χ0v) is 11.3. The Morgan fingerprint density at radius 3 is 2.28 bits per heavy atom. The Kier molecular flexibility index (Phi) is 7.23. The van der Waals surface area contributed by atoms with Gasteiger partial charge in [0.05, 0.1) is 0 Å². The Hall–Kier alpha value is -0.650. The zero-order valence-electron chi connectivity index (χ0n) is 11.3. The highest BCUT2D eigenvalue weighted by Crippen LogP contribution is 2.08. The van der Waals surface area contributed by atoms with E-state index in [2.05, 4.69) is 4.90 Å². The molecular weight excluding hydrogens is 232 g/mol. The van der Waals surface area contributed by atoms with Gasteiger partial charge in [0, 0.05) is 32.8 Å². The summed E-state index contributed by atoms with van der Waals surface area (Å²) < 4.78 is 0. The first-order valence-corrected chi connectivity index (χ1v) is 6.95. The van der Waals surface area contributed by atoms with Crippen molar-refractivity contribution in [2.45, 2.75) is 38.6 Å².